The summed E-state index contributed by atoms with van der Waals surface area (Å²) in [6.45, 7) is 0. The molecule has 1 N–H and O–H groups in total. The van der Waals surface area contributed by atoms with Crippen molar-refractivity contribution < 1.29 is 9.21 Å². The average molecular weight is 342 g/mol. The molecular formula is C21H14N2O3. The Morgan fingerprint density at radius 3 is 2.54 bits per heavy atom. The van der Waals surface area contributed by atoms with Crippen molar-refractivity contribution in [3.8, 4) is 11.1 Å². The van der Waals surface area contributed by atoms with Gasteiger partial charge in [0, 0.05) is 17.1 Å². The van der Waals surface area contributed by atoms with Crippen molar-refractivity contribution in [2.75, 3.05) is 5.32 Å². The molecule has 2 aromatic heterocycles. The Bertz CT molecular complexity index is 1130. The summed E-state index contributed by atoms with van der Waals surface area (Å²) in [7, 11) is 0. The smallest absolute Gasteiger partial charge is 0.344 e. The molecule has 2 heterocycles. The summed E-state index contributed by atoms with van der Waals surface area (Å²) in [6, 6.07) is 19.5. The second kappa shape index (κ2) is 6.64. The topological polar surface area (TPSA) is 72.2 Å². The molecule has 0 saturated carbocycles. The van der Waals surface area contributed by atoms with Crippen molar-refractivity contribution in [3.05, 3.63) is 95.1 Å². The molecule has 0 aliphatic rings. The van der Waals surface area contributed by atoms with Gasteiger partial charge in [-0.1, -0.05) is 30.3 Å². The van der Waals surface area contributed by atoms with E-state index < -0.39 is 5.63 Å². The number of carbonyl (C=O) groups is 1. The molecular weight excluding hydrogens is 328 g/mol. The van der Waals surface area contributed by atoms with Gasteiger partial charge in [-0.3, -0.25) is 9.78 Å². The maximum Gasteiger partial charge on any atom is 0.344 e. The van der Waals surface area contributed by atoms with E-state index in [1.165, 1.54) is 0 Å². The molecule has 0 radical (unpaired) electrons. The molecule has 0 aliphatic heterocycles. The zero-order valence-corrected chi connectivity index (χ0v) is 13.7. The molecule has 4 aromatic rings. The van der Waals surface area contributed by atoms with E-state index in [2.05, 4.69) is 10.3 Å². The molecule has 0 fully saturated rings. The number of fused-ring (bicyclic) bond motifs is 1. The Morgan fingerprint density at radius 2 is 1.77 bits per heavy atom. The first kappa shape index (κ1) is 15.8. The highest BCUT2D eigenvalue weighted by atomic mass is 16.4. The van der Waals surface area contributed by atoms with Gasteiger partial charge in [0.05, 0.1) is 17.4 Å². The number of pyridine rings is 1. The van der Waals surface area contributed by atoms with E-state index in [-0.39, 0.29) is 5.91 Å². The lowest BCUT2D eigenvalue weighted by Gasteiger charge is -2.06. The van der Waals surface area contributed by atoms with Crippen LogP contribution >= 0.6 is 0 Å². The lowest BCUT2D eigenvalue weighted by Crippen LogP contribution is -2.12. The average Bonchev–Trinajstić information content (AvgIpc) is 2.68. The van der Waals surface area contributed by atoms with Gasteiger partial charge in [0.2, 0.25) is 0 Å². The first-order valence-electron chi connectivity index (χ1n) is 8.05. The number of anilines is 1. The summed E-state index contributed by atoms with van der Waals surface area (Å²) in [4.78, 5) is 28.5. The highest BCUT2D eigenvalue weighted by Gasteiger charge is 2.10. The van der Waals surface area contributed by atoms with Crippen LogP contribution in [0.2, 0.25) is 0 Å². The Balaban J connectivity index is 1.63. The summed E-state index contributed by atoms with van der Waals surface area (Å²) >= 11 is 0. The van der Waals surface area contributed by atoms with Crippen LogP contribution in [0, 0.1) is 0 Å². The molecule has 1 amide bonds. The van der Waals surface area contributed by atoms with Gasteiger partial charge in [0.1, 0.15) is 5.58 Å². The normalized spacial score (nSPS) is 10.6. The van der Waals surface area contributed by atoms with Gasteiger partial charge >= 0.3 is 5.63 Å². The number of carbonyl (C=O) groups excluding carboxylic acids is 1. The SMILES string of the molecule is O=C(Nc1cccnc1)c1ccc(-c2cc3ccccc3oc2=O)cc1. The van der Waals surface area contributed by atoms with Crippen molar-refractivity contribution in [1.29, 1.82) is 0 Å². The lowest BCUT2D eigenvalue weighted by molar-refractivity contribution is 0.102. The summed E-state index contributed by atoms with van der Waals surface area (Å²) in [5.74, 6) is -0.241. The predicted molar refractivity (Wildman–Crippen MR) is 100 cm³/mol. The summed E-state index contributed by atoms with van der Waals surface area (Å²) in [6.07, 6.45) is 3.21. The van der Waals surface area contributed by atoms with Crippen LogP contribution in [0.3, 0.4) is 0 Å². The Labute approximate surface area is 148 Å². The lowest BCUT2D eigenvalue weighted by atomic mass is 10.0. The van der Waals surface area contributed by atoms with Gasteiger partial charge in [-0.2, -0.15) is 0 Å². The second-order valence-electron chi connectivity index (χ2n) is 5.76. The number of rotatable bonds is 3. The molecule has 4 rings (SSSR count). The van der Waals surface area contributed by atoms with Crippen molar-refractivity contribution >= 4 is 22.6 Å². The minimum atomic E-state index is -0.406. The number of para-hydroxylation sites is 1. The van der Waals surface area contributed by atoms with Crippen molar-refractivity contribution in [3.63, 3.8) is 0 Å². The number of benzene rings is 2. The van der Waals surface area contributed by atoms with Crippen LogP contribution in [0.5, 0.6) is 0 Å². The van der Waals surface area contributed by atoms with Gasteiger partial charge in [0.25, 0.3) is 5.91 Å². The number of nitrogens with one attached hydrogen (secondary N) is 1. The highest BCUT2D eigenvalue weighted by Crippen LogP contribution is 2.21. The number of nitrogens with zero attached hydrogens (tertiary/aromatic N) is 1. The van der Waals surface area contributed by atoms with Crippen LogP contribution in [-0.4, -0.2) is 10.9 Å². The number of aromatic nitrogens is 1. The number of hydrogen-bond donors (Lipinski definition) is 1. The minimum absolute atomic E-state index is 0.241. The van der Waals surface area contributed by atoms with Crippen molar-refractivity contribution in [2.24, 2.45) is 0 Å². The molecule has 0 spiro atoms. The van der Waals surface area contributed by atoms with Gasteiger partial charge in [-0.25, -0.2) is 4.79 Å². The highest BCUT2D eigenvalue weighted by molar-refractivity contribution is 6.04. The fraction of sp³-hybridized carbons (Fsp3) is 0. The molecule has 0 unspecified atom stereocenters. The summed E-state index contributed by atoms with van der Waals surface area (Å²) in [5.41, 5.74) is 2.41. The van der Waals surface area contributed by atoms with Crippen LogP contribution in [-0.2, 0) is 0 Å². The Morgan fingerprint density at radius 1 is 0.962 bits per heavy atom. The third kappa shape index (κ3) is 3.10. The zero-order valence-electron chi connectivity index (χ0n) is 13.7. The molecule has 5 heteroatoms. The summed E-state index contributed by atoms with van der Waals surface area (Å²) < 4.78 is 5.36. The molecule has 5 nitrogen and oxygen atoms in total. The van der Waals surface area contributed by atoms with E-state index in [1.807, 2.05) is 18.2 Å². The van der Waals surface area contributed by atoms with Crippen molar-refractivity contribution in [1.82, 2.24) is 4.98 Å². The van der Waals surface area contributed by atoms with Gasteiger partial charge in [-0.05, 0) is 42.0 Å². The fourth-order valence-corrected chi connectivity index (χ4v) is 2.70. The van der Waals surface area contributed by atoms with E-state index in [1.54, 1.807) is 60.9 Å². The molecule has 26 heavy (non-hydrogen) atoms. The summed E-state index contributed by atoms with van der Waals surface area (Å²) in [5, 5.41) is 3.62. The second-order valence-corrected chi connectivity index (χ2v) is 5.76. The Kier molecular flexibility index (Phi) is 4.03. The third-order valence-corrected chi connectivity index (χ3v) is 4.02. The molecule has 0 bridgehead atoms. The number of amides is 1. The Hall–Kier alpha value is -3.73. The van der Waals surface area contributed by atoms with E-state index >= 15 is 0 Å². The molecule has 126 valence electrons. The maximum absolute atomic E-state index is 12.3. The van der Waals surface area contributed by atoms with E-state index in [0.29, 0.717) is 28.0 Å². The van der Waals surface area contributed by atoms with Crippen LogP contribution in [0.1, 0.15) is 10.4 Å². The number of hydrogen-bond acceptors (Lipinski definition) is 4. The zero-order chi connectivity index (χ0) is 17.9. The van der Waals surface area contributed by atoms with E-state index in [4.69, 9.17) is 4.42 Å². The van der Waals surface area contributed by atoms with Gasteiger partial charge in [0.15, 0.2) is 0 Å². The minimum Gasteiger partial charge on any atom is -0.422 e. The van der Waals surface area contributed by atoms with E-state index in [9.17, 15) is 9.59 Å². The first-order valence-corrected chi connectivity index (χ1v) is 8.05. The first-order chi connectivity index (χ1) is 12.7. The van der Waals surface area contributed by atoms with Crippen molar-refractivity contribution in [2.45, 2.75) is 0 Å². The molecule has 2 aromatic carbocycles. The van der Waals surface area contributed by atoms with E-state index in [0.717, 1.165) is 5.39 Å². The van der Waals surface area contributed by atoms with Gasteiger partial charge in [-0.15, -0.1) is 0 Å². The molecule has 0 saturated heterocycles. The molecule has 0 aliphatic carbocycles. The third-order valence-electron chi connectivity index (χ3n) is 4.02. The molecule has 0 atom stereocenters. The standard InChI is InChI=1S/C21H14N2O3/c24-20(23-17-5-3-11-22-13-17)15-9-7-14(8-10-15)18-12-16-4-1-2-6-19(16)26-21(18)25/h1-13H,(H,23,24). The fourth-order valence-electron chi connectivity index (χ4n) is 2.70. The maximum atomic E-state index is 12.3. The predicted octanol–water partition coefficient (Wildman–Crippen LogP) is 4.11. The largest absolute Gasteiger partial charge is 0.422 e. The quantitative estimate of drug-likeness (QED) is 0.569. The van der Waals surface area contributed by atoms with Crippen LogP contribution < -0.4 is 10.9 Å². The van der Waals surface area contributed by atoms with Gasteiger partial charge < -0.3 is 9.73 Å². The van der Waals surface area contributed by atoms with Crippen LogP contribution in [0.25, 0.3) is 22.1 Å². The van der Waals surface area contributed by atoms with Crippen LogP contribution in [0.4, 0.5) is 5.69 Å². The monoisotopic (exact) mass is 342 g/mol. The van der Waals surface area contributed by atoms with Crippen LogP contribution in [0.15, 0.2) is 88.3 Å².